The highest BCUT2D eigenvalue weighted by Gasteiger charge is 2.25. The van der Waals surface area contributed by atoms with Gasteiger partial charge in [-0.1, -0.05) is 12.2 Å². The molecule has 2 atom stereocenters. The molecule has 2 N–H and O–H groups in total. The van der Waals surface area contributed by atoms with Gasteiger partial charge in [-0.3, -0.25) is 0 Å². The molecular formula is C9H18N2. The molecule has 1 aliphatic rings. The Morgan fingerprint density at radius 2 is 2.36 bits per heavy atom. The van der Waals surface area contributed by atoms with Crippen molar-refractivity contribution in [2.45, 2.75) is 19.4 Å². The van der Waals surface area contributed by atoms with Crippen molar-refractivity contribution in [2.75, 3.05) is 20.1 Å². The molecule has 1 saturated heterocycles. The summed E-state index contributed by atoms with van der Waals surface area (Å²) in [5.74, 6) is 0.637. The van der Waals surface area contributed by atoms with E-state index in [-0.39, 0.29) is 6.04 Å². The molecule has 0 radical (unpaired) electrons. The van der Waals surface area contributed by atoms with Crippen LogP contribution in [0.15, 0.2) is 12.2 Å². The molecule has 0 bridgehead atoms. The third kappa shape index (κ3) is 2.04. The molecule has 1 aliphatic heterocycles. The van der Waals surface area contributed by atoms with Crippen LogP contribution in [0.5, 0.6) is 0 Å². The molecule has 0 aromatic heterocycles. The Labute approximate surface area is 69.1 Å². The van der Waals surface area contributed by atoms with Gasteiger partial charge in [-0.2, -0.15) is 0 Å². The highest BCUT2D eigenvalue weighted by Crippen LogP contribution is 2.20. The zero-order chi connectivity index (χ0) is 8.43. The van der Waals surface area contributed by atoms with Crippen LogP contribution < -0.4 is 5.73 Å². The van der Waals surface area contributed by atoms with Crippen LogP contribution >= 0.6 is 0 Å². The van der Waals surface area contributed by atoms with Crippen LogP contribution in [0, 0.1) is 5.92 Å². The van der Waals surface area contributed by atoms with Crippen LogP contribution in [-0.4, -0.2) is 31.1 Å². The van der Waals surface area contributed by atoms with Gasteiger partial charge in [0, 0.05) is 12.6 Å². The fraction of sp³-hybridized carbons (Fsp3) is 0.778. The second kappa shape index (κ2) is 3.37. The Bertz CT molecular complexity index is 154. The van der Waals surface area contributed by atoms with Crippen molar-refractivity contribution in [3.63, 3.8) is 0 Å². The van der Waals surface area contributed by atoms with E-state index in [1.165, 1.54) is 13.0 Å². The molecule has 1 heterocycles. The Kier molecular flexibility index (Phi) is 2.68. The topological polar surface area (TPSA) is 29.3 Å². The van der Waals surface area contributed by atoms with Gasteiger partial charge < -0.3 is 10.6 Å². The van der Waals surface area contributed by atoms with Gasteiger partial charge >= 0.3 is 0 Å². The minimum atomic E-state index is 0.208. The van der Waals surface area contributed by atoms with Crippen LogP contribution in [0.3, 0.4) is 0 Å². The molecule has 0 aromatic carbocycles. The van der Waals surface area contributed by atoms with Crippen molar-refractivity contribution in [1.29, 1.82) is 0 Å². The summed E-state index contributed by atoms with van der Waals surface area (Å²) in [4.78, 5) is 2.33. The SMILES string of the molecule is C=C(C)C(N)C1CCN(C)C1. The summed E-state index contributed by atoms with van der Waals surface area (Å²) in [6, 6.07) is 0.208. The fourth-order valence-corrected chi connectivity index (χ4v) is 1.66. The molecule has 0 aromatic rings. The number of hydrogen-bond acceptors (Lipinski definition) is 2. The second-order valence-corrected chi connectivity index (χ2v) is 3.68. The van der Waals surface area contributed by atoms with E-state index >= 15 is 0 Å². The second-order valence-electron chi connectivity index (χ2n) is 3.68. The molecule has 1 rings (SSSR count). The molecule has 0 spiro atoms. The Morgan fingerprint density at radius 3 is 2.73 bits per heavy atom. The Morgan fingerprint density at radius 1 is 1.73 bits per heavy atom. The molecule has 0 aliphatic carbocycles. The lowest BCUT2D eigenvalue weighted by Gasteiger charge is -2.18. The van der Waals surface area contributed by atoms with Crippen LogP contribution in [-0.2, 0) is 0 Å². The molecule has 0 saturated carbocycles. The van der Waals surface area contributed by atoms with E-state index in [1.807, 2.05) is 6.92 Å². The monoisotopic (exact) mass is 154 g/mol. The van der Waals surface area contributed by atoms with Crippen molar-refractivity contribution in [2.24, 2.45) is 11.7 Å². The summed E-state index contributed by atoms with van der Waals surface area (Å²) in [6.45, 7) is 8.22. The highest BCUT2D eigenvalue weighted by molar-refractivity contribution is 5.04. The van der Waals surface area contributed by atoms with Gasteiger partial charge in [0.15, 0.2) is 0 Å². The van der Waals surface area contributed by atoms with Gasteiger partial charge in [-0.05, 0) is 32.9 Å². The van der Waals surface area contributed by atoms with E-state index in [4.69, 9.17) is 5.73 Å². The van der Waals surface area contributed by atoms with Crippen LogP contribution in [0.4, 0.5) is 0 Å². The smallest absolute Gasteiger partial charge is 0.0289 e. The largest absolute Gasteiger partial charge is 0.324 e. The predicted molar refractivity (Wildman–Crippen MR) is 48.4 cm³/mol. The lowest BCUT2D eigenvalue weighted by Crippen LogP contribution is -2.32. The number of nitrogens with two attached hydrogens (primary N) is 1. The lowest BCUT2D eigenvalue weighted by atomic mass is 9.95. The standard InChI is InChI=1S/C9H18N2/c1-7(2)9(10)8-4-5-11(3)6-8/h8-9H,1,4-6,10H2,2-3H3. The third-order valence-corrected chi connectivity index (χ3v) is 2.50. The van der Waals surface area contributed by atoms with E-state index in [9.17, 15) is 0 Å². The van der Waals surface area contributed by atoms with Crippen molar-refractivity contribution >= 4 is 0 Å². The summed E-state index contributed by atoms with van der Waals surface area (Å²) in [6.07, 6.45) is 1.23. The molecule has 0 amide bonds. The first-order valence-electron chi connectivity index (χ1n) is 4.21. The highest BCUT2D eigenvalue weighted by atomic mass is 15.1. The maximum absolute atomic E-state index is 5.96. The van der Waals surface area contributed by atoms with Gasteiger partial charge in [0.05, 0.1) is 0 Å². The van der Waals surface area contributed by atoms with Gasteiger partial charge in [0.25, 0.3) is 0 Å². The van der Waals surface area contributed by atoms with Crippen LogP contribution in [0.25, 0.3) is 0 Å². The molecule has 1 fully saturated rings. The first-order chi connectivity index (χ1) is 5.11. The maximum Gasteiger partial charge on any atom is 0.0289 e. The number of likely N-dealkylation sites (tertiary alicyclic amines) is 1. The number of hydrogen-bond donors (Lipinski definition) is 1. The van der Waals surface area contributed by atoms with E-state index in [2.05, 4.69) is 18.5 Å². The van der Waals surface area contributed by atoms with Gasteiger partial charge in [0.1, 0.15) is 0 Å². The maximum atomic E-state index is 5.96. The van der Waals surface area contributed by atoms with Crippen molar-refractivity contribution in [3.05, 3.63) is 12.2 Å². The van der Waals surface area contributed by atoms with Gasteiger partial charge in [0.2, 0.25) is 0 Å². The van der Waals surface area contributed by atoms with Crippen LogP contribution in [0.1, 0.15) is 13.3 Å². The first-order valence-corrected chi connectivity index (χ1v) is 4.21. The molecular weight excluding hydrogens is 136 g/mol. The molecule has 2 nitrogen and oxygen atoms in total. The van der Waals surface area contributed by atoms with Crippen molar-refractivity contribution in [3.8, 4) is 0 Å². The Hall–Kier alpha value is -0.340. The van der Waals surface area contributed by atoms with Crippen molar-refractivity contribution < 1.29 is 0 Å². The molecule has 64 valence electrons. The quantitative estimate of drug-likeness (QED) is 0.597. The number of rotatable bonds is 2. The van der Waals surface area contributed by atoms with E-state index in [0.717, 1.165) is 12.1 Å². The molecule has 2 heteroatoms. The zero-order valence-electron chi connectivity index (χ0n) is 7.51. The molecule has 2 unspecified atom stereocenters. The minimum Gasteiger partial charge on any atom is -0.324 e. The van der Waals surface area contributed by atoms with Crippen LogP contribution in [0.2, 0.25) is 0 Å². The van der Waals surface area contributed by atoms with E-state index in [0.29, 0.717) is 5.92 Å². The minimum absolute atomic E-state index is 0.208. The molecule has 11 heavy (non-hydrogen) atoms. The van der Waals surface area contributed by atoms with E-state index < -0.39 is 0 Å². The van der Waals surface area contributed by atoms with Crippen molar-refractivity contribution in [1.82, 2.24) is 4.90 Å². The summed E-state index contributed by atoms with van der Waals surface area (Å²) in [5.41, 5.74) is 7.07. The third-order valence-electron chi connectivity index (χ3n) is 2.50. The average molecular weight is 154 g/mol. The van der Waals surface area contributed by atoms with Gasteiger partial charge in [-0.15, -0.1) is 0 Å². The predicted octanol–water partition coefficient (Wildman–Crippen LogP) is 0.841. The summed E-state index contributed by atoms with van der Waals surface area (Å²) in [7, 11) is 2.14. The summed E-state index contributed by atoms with van der Waals surface area (Å²) in [5, 5.41) is 0. The normalized spacial score (nSPS) is 28.8. The lowest BCUT2D eigenvalue weighted by molar-refractivity contribution is 0.382. The fourth-order valence-electron chi connectivity index (χ4n) is 1.66. The first kappa shape index (κ1) is 8.75. The number of nitrogens with zero attached hydrogens (tertiary/aromatic N) is 1. The average Bonchev–Trinajstić information content (AvgIpc) is 2.34. The zero-order valence-corrected chi connectivity index (χ0v) is 7.51. The summed E-state index contributed by atoms with van der Waals surface area (Å²) < 4.78 is 0. The van der Waals surface area contributed by atoms with Gasteiger partial charge in [-0.25, -0.2) is 0 Å². The Balaban J connectivity index is 2.43. The van der Waals surface area contributed by atoms with E-state index in [1.54, 1.807) is 0 Å². The summed E-state index contributed by atoms with van der Waals surface area (Å²) >= 11 is 0.